The van der Waals surface area contributed by atoms with Crippen molar-refractivity contribution in [2.45, 2.75) is 60.8 Å². The first kappa shape index (κ1) is 20.7. The lowest BCUT2D eigenvalue weighted by Crippen LogP contribution is -2.55. The van der Waals surface area contributed by atoms with Gasteiger partial charge in [-0.1, -0.05) is 25.1 Å². The van der Waals surface area contributed by atoms with Crippen molar-refractivity contribution in [1.29, 1.82) is 0 Å². The molecule has 0 aliphatic carbocycles. The van der Waals surface area contributed by atoms with E-state index in [1.807, 2.05) is 6.92 Å². The van der Waals surface area contributed by atoms with Gasteiger partial charge in [0.2, 0.25) is 9.84 Å². The van der Waals surface area contributed by atoms with Gasteiger partial charge in [-0.3, -0.25) is 4.90 Å². The molecule has 4 rings (SSSR count). The van der Waals surface area contributed by atoms with Crippen LogP contribution < -0.4 is 4.74 Å². The zero-order chi connectivity index (χ0) is 21.7. The maximum Gasteiger partial charge on any atom is 0.410 e. The highest BCUT2D eigenvalue weighted by atomic mass is 32.2. The van der Waals surface area contributed by atoms with Crippen LogP contribution in [-0.2, 0) is 14.6 Å². The zero-order valence-corrected chi connectivity index (χ0v) is 17.9. The van der Waals surface area contributed by atoms with Gasteiger partial charge in [-0.25, -0.2) is 13.2 Å². The summed E-state index contributed by atoms with van der Waals surface area (Å²) in [5, 5.41) is 11.1. The molecule has 0 saturated carbocycles. The summed E-state index contributed by atoms with van der Waals surface area (Å²) in [6, 6.07) is 11.7. The molecule has 0 spiro atoms. The molecule has 0 unspecified atom stereocenters. The van der Waals surface area contributed by atoms with E-state index in [-0.39, 0.29) is 22.4 Å². The fraction of sp³-hybridized carbons (Fsp3) is 0.409. The lowest BCUT2D eigenvalue weighted by molar-refractivity contribution is -0.0878. The molecule has 7 nitrogen and oxygen atoms in total. The van der Waals surface area contributed by atoms with Crippen molar-refractivity contribution in [2.75, 3.05) is 6.61 Å². The number of ether oxygens (including phenoxy) is 2. The van der Waals surface area contributed by atoms with Gasteiger partial charge >= 0.3 is 6.09 Å². The minimum atomic E-state index is -3.77. The molecule has 3 atom stereocenters. The van der Waals surface area contributed by atoms with Gasteiger partial charge in [0, 0.05) is 5.56 Å². The summed E-state index contributed by atoms with van der Waals surface area (Å²) >= 11 is 0. The second kappa shape index (κ2) is 7.28. The van der Waals surface area contributed by atoms with E-state index in [1.54, 1.807) is 38.1 Å². The van der Waals surface area contributed by atoms with Gasteiger partial charge in [-0.05, 0) is 50.6 Å². The van der Waals surface area contributed by atoms with Crippen LogP contribution in [0.2, 0.25) is 0 Å². The Morgan fingerprint density at radius 2 is 1.83 bits per heavy atom. The molecule has 1 fully saturated rings. The number of aliphatic hydroxyl groups excluding tert-OH is 1. The van der Waals surface area contributed by atoms with Crippen LogP contribution in [0.25, 0.3) is 0 Å². The molecule has 8 heteroatoms. The Kier molecular flexibility index (Phi) is 5.02. The molecule has 30 heavy (non-hydrogen) atoms. The Hall–Kier alpha value is -2.58. The average molecular weight is 432 g/mol. The number of sulfone groups is 1. The Bertz CT molecular complexity index is 1070. The second-order valence-electron chi connectivity index (χ2n) is 8.16. The van der Waals surface area contributed by atoms with Crippen molar-refractivity contribution in [2.24, 2.45) is 0 Å². The number of hydrogen-bond donors (Lipinski definition) is 1. The Morgan fingerprint density at radius 1 is 1.13 bits per heavy atom. The third-order valence-electron chi connectivity index (χ3n) is 5.82. The van der Waals surface area contributed by atoms with Crippen LogP contribution >= 0.6 is 0 Å². The van der Waals surface area contributed by atoms with Gasteiger partial charge in [-0.2, -0.15) is 0 Å². The molecule has 2 aliphatic rings. The van der Waals surface area contributed by atoms with E-state index in [4.69, 9.17) is 9.47 Å². The minimum absolute atomic E-state index is 0.0774. The zero-order valence-electron chi connectivity index (χ0n) is 17.1. The van der Waals surface area contributed by atoms with Gasteiger partial charge < -0.3 is 14.6 Å². The van der Waals surface area contributed by atoms with Crippen molar-refractivity contribution in [3.05, 3.63) is 54.1 Å². The molecule has 0 aromatic heterocycles. The summed E-state index contributed by atoms with van der Waals surface area (Å²) in [7, 11) is -3.77. The van der Waals surface area contributed by atoms with Gasteiger partial charge in [0.25, 0.3) is 0 Å². The molecular formula is C22H25NO6S. The second-order valence-corrected chi connectivity index (χ2v) is 10.1. The number of nitrogens with zero attached hydrogens (tertiary/aromatic N) is 1. The molecule has 0 bridgehead atoms. The Balaban J connectivity index is 1.86. The van der Waals surface area contributed by atoms with Crippen LogP contribution in [0.5, 0.6) is 5.75 Å². The number of benzene rings is 2. The van der Waals surface area contributed by atoms with Crippen LogP contribution in [0.3, 0.4) is 0 Å². The Labute approximate surface area is 176 Å². The number of amides is 1. The molecule has 2 aromatic rings. The standard InChI is InChI=1S/C22H25NO6S/c1-4-14-13-28-21(25)23(14)19-17-12-16(30(26,27)15-8-6-5-7-9-15)10-11-18(17)29-22(2,3)20(19)24/h5-12,14,19-20,24H,4,13H2,1-3H3/t14-,19+,20-/m1/s1. The molecule has 2 aliphatic heterocycles. The first-order chi connectivity index (χ1) is 14.2. The highest BCUT2D eigenvalue weighted by Gasteiger charge is 2.50. The molecule has 2 heterocycles. The highest BCUT2D eigenvalue weighted by Crippen LogP contribution is 2.46. The maximum atomic E-state index is 13.1. The van der Waals surface area contributed by atoms with Crippen molar-refractivity contribution >= 4 is 15.9 Å². The molecule has 160 valence electrons. The van der Waals surface area contributed by atoms with Crippen LogP contribution in [0, 0.1) is 0 Å². The maximum absolute atomic E-state index is 13.1. The van der Waals surface area contributed by atoms with Gasteiger partial charge in [0.15, 0.2) is 0 Å². The van der Waals surface area contributed by atoms with Crippen molar-refractivity contribution in [3.8, 4) is 5.75 Å². The summed E-state index contributed by atoms with van der Waals surface area (Å²) < 4.78 is 37.5. The smallest absolute Gasteiger partial charge is 0.410 e. The number of carbonyl (C=O) groups excluding carboxylic acids is 1. The third-order valence-corrected chi connectivity index (χ3v) is 7.59. The number of aliphatic hydroxyl groups is 1. The Morgan fingerprint density at radius 3 is 2.50 bits per heavy atom. The number of fused-ring (bicyclic) bond motifs is 1. The quantitative estimate of drug-likeness (QED) is 0.798. The summed E-state index contributed by atoms with van der Waals surface area (Å²) in [6.45, 7) is 5.65. The van der Waals surface area contributed by atoms with Crippen molar-refractivity contribution in [1.82, 2.24) is 4.90 Å². The van der Waals surface area contributed by atoms with E-state index in [0.717, 1.165) is 0 Å². The van der Waals surface area contributed by atoms with E-state index in [1.165, 1.54) is 29.2 Å². The summed E-state index contributed by atoms with van der Waals surface area (Å²) in [5.41, 5.74) is -0.519. The fourth-order valence-corrected chi connectivity index (χ4v) is 5.39. The SMILES string of the molecule is CC[C@@H]1COC(=O)N1[C@H]1c2cc(S(=O)(=O)c3ccccc3)ccc2OC(C)(C)[C@@H]1O. The number of cyclic esters (lactones) is 1. The van der Waals surface area contributed by atoms with E-state index >= 15 is 0 Å². The average Bonchev–Trinajstić information content (AvgIpc) is 3.09. The lowest BCUT2D eigenvalue weighted by Gasteiger charge is -2.45. The largest absolute Gasteiger partial charge is 0.485 e. The molecule has 1 amide bonds. The molecule has 2 aromatic carbocycles. The molecule has 1 N–H and O–H groups in total. The predicted molar refractivity (Wildman–Crippen MR) is 109 cm³/mol. The monoisotopic (exact) mass is 431 g/mol. The predicted octanol–water partition coefficient (Wildman–Crippen LogP) is 3.32. The number of rotatable bonds is 4. The van der Waals surface area contributed by atoms with Crippen molar-refractivity contribution in [3.63, 3.8) is 0 Å². The molecular weight excluding hydrogens is 406 g/mol. The van der Waals surface area contributed by atoms with Crippen LogP contribution in [-0.4, -0.2) is 48.9 Å². The summed E-state index contributed by atoms with van der Waals surface area (Å²) in [5.74, 6) is 0.442. The topological polar surface area (TPSA) is 93.1 Å². The van der Waals surface area contributed by atoms with Crippen molar-refractivity contribution < 1.29 is 27.8 Å². The number of hydrogen-bond acceptors (Lipinski definition) is 6. The van der Waals surface area contributed by atoms with Crippen LogP contribution in [0.4, 0.5) is 4.79 Å². The van der Waals surface area contributed by atoms with Gasteiger partial charge in [0.1, 0.15) is 24.1 Å². The third kappa shape index (κ3) is 3.24. The van der Waals surface area contributed by atoms with E-state index in [2.05, 4.69) is 0 Å². The van der Waals surface area contributed by atoms with E-state index < -0.39 is 33.7 Å². The summed E-state index contributed by atoms with van der Waals surface area (Å²) in [6.07, 6.45) is -0.946. The number of carbonyl (C=O) groups is 1. The normalized spacial score (nSPS) is 25.4. The first-order valence-electron chi connectivity index (χ1n) is 9.93. The highest BCUT2D eigenvalue weighted by molar-refractivity contribution is 7.91. The fourth-order valence-electron chi connectivity index (χ4n) is 4.08. The van der Waals surface area contributed by atoms with Gasteiger partial charge in [-0.15, -0.1) is 0 Å². The van der Waals surface area contributed by atoms with E-state index in [9.17, 15) is 18.3 Å². The lowest BCUT2D eigenvalue weighted by atomic mass is 9.85. The van der Waals surface area contributed by atoms with Crippen LogP contribution in [0.1, 0.15) is 38.8 Å². The first-order valence-corrected chi connectivity index (χ1v) is 11.4. The minimum Gasteiger partial charge on any atom is -0.485 e. The molecule has 0 radical (unpaired) electrons. The van der Waals surface area contributed by atoms with Gasteiger partial charge in [0.05, 0.1) is 21.9 Å². The summed E-state index contributed by atoms with van der Waals surface area (Å²) in [4.78, 5) is 14.3. The molecule has 1 saturated heterocycles. The van der Waals surface area contributed by atoms with E-state index in [0.29, 0.717) is 17.7 Å². The van der Waals surface area contributed by atoms with Crippen LogP contribution in [0.15, 0.2) is 58.3 Å².